The SMILES string of the molecule is CN(C(=O)c1ccc(N2CCCC2)cc1)C1CCS(=O)(=O)C1. The molecule has 1 aromatic carbocycles. The van der Waals surface area contributed by atoms with Gasteiger partial charge in [-0.05, 0) is 43.5 Å². The monoisotopic (exact) mass is 322 g/mol. The van der Waals surface area contributed by atoms with Crippen LogP contribution < -0.4 is 4.90 Å². The van der Waals surface area contributed by atoms with Gasteiger partial charge in [-0.3, -0.25) is 4.79 Å². The quantitative estimate of drug-likeness (QED) is 0.847. The van der Waals surface area contributed by atoms with Gasteiger partial charge in [0.25, 0.3) is 5.91 Å². The molecule has 0 spiro atoms. The van der Waals surface area contributed by atoms with Crippen LogP contribution in [-0.2, 0) is 9.84 Å². The van der Waals surface area contributed by atoms with Crippen molar-refractivity contribution in [2.45, 2.75) is 25.3 Å². The molecular formula is C16H22N2O3S. The lowest BCUT2D eigenvalue weighted by molar-refractivity contribution is 0.0747. The van der Waals surface area contributed by atoms with E-state index in [0.717, 1.165) is 18.8 Å². The van der Waals surface area contributed by atoms with Crippen LogP contribution in [0.1, 0.15) is 29.6 Å². The van der Waals surface area contributed by atoms with Crippen molar-refractivity contribution >= 4 is 21.4 Å². The van der Waals surface area contributed by atoms with Crippen LogP contribution in [0.3, 0.4) is 0 Å². The molecule has 5 nitrogen and oxygen atoms in total. The van der Waals surface area contributed by atoms with E-state index in [9.17, 15) is 13.2 Å². The molecule has 0 aliphatic carbocycles. The number of hydrogen-bond acceptors (Lipinski definition) is 4. The van der Waals surface area contributed by atoms with E-state index >= 15 is 0 Å². The summed E-state index contributed by atoms with van der Waals surface area (Å²) in [6.45, 7) is 2.15. The van der Waals surface area contributed by atoms with Crippen LogP contribution in [0.25, 0.3) is 0 Å². The van der Waals surface area contributed by atoms with Gasteiger partial charge in [-0.15, -0.1) is 0 Å². The summed E-state index contributed by atoms with van der Waals surface area (Å²) in [5, 5.41) is 0. The van der Waals surface area contributed by atoms with Crippen LogP contribution in [0, 0.1) is 0 Å². The molecule has 1 amide bonds. The third-order valence-electron chi connectivity index (χ3n) is 4.66. The van der Waals surface area contributed by atoms with Crippen LogP contribution in [0.4, 0.5) is 5.69 Å². The normalized spacial score (nSPS) is 23.7. The topological polar surface area (TPSA) is 57.7 Å². The third-order valence-corrected chi connectivity index (χ3v) is 6.41. The highest BCUT2D eigenvalue weighted by Gasteiger charge is 2.33. The molecule has 2 aliphatic heterocycles. The molecule has 2 heterocycles. The number of carbonyl (C=O) groups excluding carboxylic acids is 1. The maximum absolute atomic E-state index is 12.5. The zero-order valence-corrected chi connectivity index (χ0v) is 13.7. The summed E-state index contributed by atoms with van der Waals surface area (Å²) in [6.07, 6.45) is 2.98. The molecule has 120 valence electrons. The minimum absolute atomic E-state index is 0.0844. The second-order valence-corrected chi connectivity index (χ2v) is 8.44. The van der Waals surface area contributed by atoms with Crippen molar-refractivity contribution in [2.75, 3.05) is 36.5 Å². The Bertz CT molecular complexity index is 648. The number of sulfone groups is 1. The van der Waals surface area contributed by atoms with E-state index in [1.54, 1.807) is 11.9 Å². The summed E-state index contributed by atoms with van der Waals surface area (Å²) in [4.78, 5) is 16.4. The van der Waals surface area contributed by atoms with E-state index in [1.165, 1.54) is 12.8 Å². The Morgan fingerprint density at radius 2 is 1.82 bits per heavy atom. The zero-order chi connectivity index (χ0) is 15.7. The van der Waals surface area contributed by atoms with Gasteiger partial charge in [0.2, 0.25) is 0 Å². The predicted molar refractivity (Wildman–Crippen MR) is 87.0 cm³/mol. The second kappa shape index (κ2) is 5.91. The number of hydrogen-bond donors (Lipinski definition) is 0. The van der Waals surface area contributed by atoms with Crippen molar-refractivity contribution in [3.63, 3.8) is 0 Å². The summed E-state index contributed by atoms with van der Waals surface area (Å²) in [5.41, 5.74) is 1.77. The largest absolute Gasteiger partial charge is 0.372 e. The van der Waals surface area contributed by atoms with Gasteiger partial charge in [0.05, 0.1) is 11.5 Å². The first-order valence-corrected chi connectivity index (χ1v) is 9.61. The summed E-state index contributed by atoms with van der Waals surface area (Å²) in [6, 6.07) is 7.46. The Hall–Kier alpha value is -1.56. The zero-order valence-electron chi connectivity index (χ0n) is 12.9. The van der Waals surface area contributed by atoms with Crippen LogP contribution in [-0.4, -0.2) is 56.9 Å². The summed E-state index contributed by atoms with van der Waals surface area (Å²) in [5.74, 6) is 0.166. The van der Waals surface area contributed by atoms with Gasteiger partial charge in [-0.2, -0.15) is 0 Å². The van der Waals surface area contributed by atoms with Crippen molar-refractivity contribution in [1.82, 2.24) is 4.90 Å². The molecule has 0 saturated carbocycles. The lowest BCUT2D eigenvalue weighted by atomic mass is 10.1. The van der Waals surface area contributed by atoms with E-state index in [0.29, 0.717) is 12.0 Å². The van der Waals surface area contributed by atoms with E-state index in [4.69, 9.17) is 0 Å². The Kier molecular flexibility index (Phi) is 4.12. The highest BCUT2D eigenvalue weighted by Crippen LogP contribution is 2.22. The van der Waals surface area contributed by atoms with E-state index in [2.05, 4.69) is 4.90 Å². The fourth-order valence-electron chi connectivity index (χ4n) is 3.24. The molecular weight excluding hydrogens is 300 g/mol. The number of amides is 1. The molecule has 0 N–H and O–H groups in total. The summed E-state index contributed by atoms with van der Waals surface area (Å²) >= 11 is 0. The predicted octanol–water partition coefficient (Wildman–Crippen LogP) is 1.55. The highest BCUT2D eigenvalue weighted by atomic mass is 32.2. The van der Waals surface area contributed by atoms with Gasteiger partial charge in [-0.1, -0.05) is 0 Å². The Balaban J connectivity index is 1.69. The van der Waals surface area contributed by atoms with Crippen LogP contribution in [0.2, 0.25) is 0 Å². The summed E-state index contributed by atoms with van der Waals surface area (Å²) < 4.78 is 23.1. The van der Waals surface area contributed by atoms with Crippen LogP contribution >= 0.6 is 0 Å². The third kappa shape index (κ3) is 3.11. The second-order valence-electron chi connectivity index (χ2n) is 6.21. The smallest absolute Gasteiger partial charge is 0.253 e. The Morgan fingerprint density at radius 1 is 1.18 bits per heavy atom. The van der Waals surface area contributed by atoms with Crippen molar-refractivity contribution in [3.05, 3.63) is 29.8 Å². The molecule has 0 radical (unpaired) electrons. The van der Waals surface area contributed by atoms with Crippen LogP contribution in [0.15, 0.2) is 24.3 Å². The minimum Gasteiger partial charge on any atom is -0.372 e. The van der Waals surface area contributed by atoms with Crippen LogP contribution in [0.5, 0.6) is 0 Å². The maximum atomic E-state index is 12.5. The van der Waals surface area contributed by atoms with Crippen molar-refractivity contribution in [1.29, 1.82) is 0 Å². The molecule has 22 heavy (non-hydrogen) atoms. The number of rotatable bonds is 3. The molecule has 2 fully saturated rings. The molecule has 2 aliphatic rings. The maximum Gasteiger partial charge on any atom is 0.253 e. The minimum atomic E-state index is -2.97. The average molecular weight is 322 g/mol. The Labute approximate surface area is 131 Å². The molecule has 1 unspecified atom stereocenters. The van der Waals surface area contributed by atoms with Crippen molar-refractivity contribution in [2.24, 2.45) is 0 Å². The first kappa shape index (κ1) is 15.3. The fourth-order valence-corrected chi connectivity index (χ4v) is 5.01. The van der Waals surface area contributed by atoms with Crippen molar-refractivity contribution in [3.8, 4) is 0 Å². The van der Waals surface area contributed by atoms with Gasteiger partial charge >= 0.3 is 0 Å². The molecule has 3 rings (SSSR count). The van der Waals surface area contributed by atoms with Gasteiger partial charge < -0.3 is 9.80 Å². The number of nitrogens with zero attached hydrogens (tertiary/aromatic N) is 2. The fraction of sp³-hybridized carbons (Fsp3) is 0.562. The lowest BCUT2D eigenvalue weighted by Gasteiger charge is -2.24. The molecule has 0 aromatic heterocycles. The molecule has 2 saturated heterocycles. The number of benzene rings is 1. The Morgan fingerprint density at radius 3 is 2.36 bits per heavy atom. The van der Waals surface area contributed by atoms with Gasteiger partial charge in [0.1, 0.15) is 0 Å². The first-order chi connectivity index (χ1) is 10.5. The molecule has 1 aromatic rings. The molecule has 0 bridgehead atoms. The van der Waals surface area contributed by atoms with Crippen molar-refractivity contribution < 1.29 is 13.2 Å². The first-order valence-electron chi connectivity index (χ1n) is 7.79. The van der Waals surface area contributed by atoms with Gasteiger partial charge in [-0.25, -0.2) is 8.42 Å². The molecule has 6 heteroatoms. The van der Waals surface area contributed by atoms with Gasteiger partial charge in [0.15, 0.2) is 9.84 Å². The molecule has 1 atom stereocenters. The standard InChI is InChI=1S/C16H22N2O3S/c1-17(15-8-11-22(20,21)12-15)16(19)13-4-6-14(7-5-13)18-9-2-3-10-18/h4-7,15H,2-3,8-12H2,1H3. The van der Waals surface area contributed by atoms with E-state index in [-0.39, 0.29) is 23.5 Å². The average Bonchev–Trinajstić information content (AvgIpc) is 3.15. The summed E-state index contributed by atoms with van der Waals surface area (Å²) in [7, 11) is -1.28. The highest BCUT2D eigenvalue weighted by molar-refractivity contribution is 7.91. The van der Waals surface area contributed by atoms with E-state index in [1.807, 2.05) is 24.3 Å². The lowest BCUT2D eigenvalue weighted by Crippen LogP contribution is -2.37. The number of anilines is 1. The van der Waals surface area contributed by atoms with Gasteiger partial charge in [0, 0.05) is 37.4 Å². The number of carbonyl (C=O) groups is 1. The van der Waals surface area contributed by atoms with E-state index < -0.39 is 9.84 Å².